The van der Waals surface area contributed by atoms with Gasteiger partial charge in [-0.1, -0.05) is 19.8 Å². The molecule has 0 saturated heterocycles. The third-order valence-corrected chi connectivity index (χ3v) is 0.391. The van der Waals surface area contributed by atoms with Gasteiger partial charge in [-0.15, -0.1) is 0 Å². The average Bonchev–Trinajstić information content (AvgIpc) is 1.35. The van der Waals surface area contributed by atoms with Crippen LogP contribution in [0.1, 0.15) is 15.3 Å². The van der Waals surface area contributed by atoms with Gasteiger partial charge < -0.3 is 5.92 Å². The minimum absolute atomic E-state index is 0. The summed E-state index contributed by atoms with van der Waals surface area (Å²) in [6.45, 7) is 7.44. The summed E-state index contributed by atoms with van der Waals surface area (Å²) < 4.78 is 0. The topological polar surface area (TPSA) is 0 Å². The molecular formula is C6H11W-. The number of rotatable bonds is 0. The van der Waals surface area contributed by atoms with Gasteiger partial charge >= 0.3 is 0 Å². The van der Waals surface area contributed by atoms with Crippen molar-refractivity contribution < 1.29 is 22.5 Å². The van der Waals surface area contributed by atoms with Crippen molar-refractivity contribution in [3.8, 4) is 11.8 Å². The Hall–Kier alpha value is 0.118. The minimum atomic E-state index is 0. The largest absolute Gasteiger partial charge is 0.325 e. The molecule has 0 saturated carbocycles. The van der Waals surface area contributed by atoms with Crippen molar-refractivity contribution in [2.75, 3.05) is 0 Å². The average molecular weight is 268 g/mol. The zero-order valence-electron chi connectivity index (χ0n) is 4.69. The van der Waals surface area contributed by atoms with Crippen molar-refractivity contribution >= 4 is 0 Å². The van der Waals surface area contributed by atoms with E-state index in [2.05, 4.69) is 18.8 Å². The Labute approximate surface area is 61.4 Å². The second-order valence-electron chi connectivity index (χ2n) is 1.48. The van der Waals surface area contributed by atoms with E-state index in [1.165, 1.54) is 0 Å². The molecule has 1 heteroatoms. The maximum atomic E-state index is 3.36. The molecule has 0 radical (unpaired) electrons. The summed E-state index contributed by atoms with van der Waals surface area (Å²) in [4.78, 5) is 0. The van der Waals surface area contributed by atoms with Gasteiger partial charge in [0.25, 0.3) is 0 Å². The van der Waals surface area contributed by atoms with Gasteiger partial charge in [-0.25, -0.2) is 0 Å². The van der Waals surface area contributed by atoms with Crippen LogP contribution in [0.5, 0.6) is 0 Å². The van der Waals surface area contributed by atoms with Gasteiger partial charge in [0.15, 0.2) is 0 Å². The zero-order chi connectivity index (χ0) is 4.99. The smallest absolute Gasteiger partial charge is 0 e. The maximum absolute atomic E-state index is 3.36. The summed E-state index contributed by atoms with van der Waals surface area (Å²) >= 11 is 0. The van der Waals surface area contributed by atoms with Crippen molar-refractivity contribution in [1.29, 1.82) is 0 Å². The second-order valence-corrected chi connectivity index (χ2v) is 1.48. The fraction of sp³-hybridized carbons (Fsp3) is 0.500. The molecule has 0 N–H and O–H groups in total. The Morgan fingerprint density at radius 3 is 2.00 bits per heavy atom. The van der Waals surface area contributed by atoms with Crippen LogP contribution in [-0.4, -0.2) is 0 Å². The van der Waals surface area contributed by atoms with Crippen molar-refractivity contribution in [2.45, 2.75) is 13.8 Å². The van der Waals surface area contributed by atoms with Gasteiger partial charge in [0, 0.05) is 22.5 Å². The van der Waals surface area contributed by atoms with E-state index in [0.717, 1.165) is 0 Å². The summed E-state index contributed by atoms with van der Waals surface area (Å²) in [5, 5.41) is 0. The molecule has 0 aliphatic carbocycles. The van der Waals surface area contributed by atoms with Crippen LogP contribution in [0.3, 0.4) is 0 Å². The SMILES string of the molecule is [2HH].[CH2-]C#CC(C)C.[W]. The molecule has 0 aromatic heterocycles. The molecule has 0 amide bonds. The molecule has 42 valence electrons. The predicted octanol–water partition coefficient (Wildman–Crippen LogP) is 1.72. The third-order valence-electron chi connectivity index (χ3n) is 0.391. The first-order valence-corrected chi connectivity index (χ1v) is 2.05. The Bertz CT molecular complexity index is 78.3. The van der Waals surface area contributed by atoms with E-state index in [1.807, 2.05) is 13.8 Å². The van der Waals surface area contributed by atoms with E-state index in [1.54, 1.807) is 0 Å². The Morgan fingerprint density at radius 1 is 1.57 bits per heavy atom. The fourth-order valence-electron chi connectivity index (χ4n) is 0.204. The molecule has 0 nitrogen and oxygen atoms in total. The Morgan fingerprint density at radius 2 is 2.00 bits per heavy atom. The van der Waals surface area contributed by atoms with Crippen LogP contribution < -0.4 is 0 Å². The Kier molecular flexibility index (Phi) is 8.89. The first-order chi connectivity index (χ1) is 2.77. The van der Waals surface area contributed by atoms with Crippen molar-refractivity contribution in [2.24, 2.45) is 5.92 Å². The van der Waals surface area contributed by atoms with Gasteiger partial charge in [-0.3, -0.25) is 5.92 Å². The van der Waals surface area contributed by atoms with Crippen molar-refractivity contribution in [1.82, 2.24) is 0 Å². The molecular weight excluding hydrogens is 256 g/mol. The maximum Gasteiger partial charge on any atom is 0 e. The summed E-state index contributed by atoms with van der Waals surface area (Å²) in [6.07, 6.45) is 0. The molecule has 0 rings (SSSR count). The van der Waals surface area contributed by atoms with Gasteiger partial charge in [0.2, 0.25) is 0 Å². The molecule has 0 aliphatic heterocycles. The monoisotopic (exact) mass is 268 g/mol. The minimum Gasteiger partial charge on any atom is -0.325 e. The van der Waals surface area contributed by atoms with Crippen LogP contribution in [0, 0.1) is 24.7 Å². The van der Waals surface area contributed by atoms with Crippen molar-refractivity contribution in [3.05, 3.63) is 6.92 Å². The summed E-state index contributed by atoms with van der Waals surface area (Å²) in [5.41, 5.74) is 0. The van der Waals surface area contributed by atoms with Gasteiger partial charge in [0.05, 0.1) is 0 Å². The molecule has 0 fully saturated rings. The molecule has 0 aliphatic rings. The first-order valence-electron chi connectivity index (χ1n) is 2.05. The Balaban J connectivity index is -0.000000125. The van der Waals surface area contributed by atoms with Crippen molar-refractivity contribution in [3.63, 3.8) is 0 Å². The summed E-state index contributed by atoms with van der Waals surface area (Å²) in [6, 6.07) is 0. The number of hydrogen-bond acceptors (Lipinski definition) is 0. The molecule has 0 atom stereocenters. The quantitative estimate of drug-likeness (QED) is 0.463. The standard InChI is InChI=1S/C6H9.W.H2/c1-4-5-6(2)3;;/h6H,1H2,2-3H3;;1H/q-1;;/i;;1+1. The number of hydrogen-bond donors (Lipinski definition) is 0. The van der Waals surface area contributed by atoms with E-state index in [9.17, 15) is 0 Å². The van der Waals surface area contributed by atoms with Crippen LogP contribution in [0.4, 0.5) is 0 Å². The molecule has 0 unspecified atom stereocenters. The van der Waals surface area contributed by atoms with Crippen LogP contribution in [-0.2, 0) is 21.1 Å². The summed E-state index contributed by atoms with van der Waals surface area (Å²) in [7, 11) is 0. The predicted molar refractivity (Wildman–Crippen MR) is 30.1 cm³/mol. The van der Waals surface area contributed by atoms with Crippen LogP contribution in [0.25, 0.3) is 0 Å². The van der Waals surface area contributed by atoms with E-state index in [4.69, 9.17) is 0 Å². The molecule has 0 spiro atoms. The van der Waals surface area contributed by atoms with Crippen LogP contribution in [0.15, 0.2) is 0 Å². The molecule has 0 aromatic rings. The molecule has 0 aromatic carbocycles. The molecule has 7 heavy (non-hydrogen) atoms. The first kappa shape index (κ1) is 10.2. The second kappa shape index (κ2) is 6.12. The summed E-state index contributed by atoms with van der Waals surface area (Å²) in [5.74, 6) is 5.89. The van der Waals surface area contributed by atoms with Gasteiger partial charge in [-0.2, -0.15) is 6.92 Å². The van der Waals surface area contributed by atoms with E-state index in [-0.39, 0.29) is 22.5 Å². The van der Waals surface area contributed by atoms with Gasteiger partial charge in [0.1, 0.15) is 0 Å². The fourth-order valence-corrected chi connectivity index (χ4v) is 0.204. The van der Waals surface area contributed by atoms with Crippen LogP contribution >= 0.6 is 0 Å². The zero-order valence-corrected chi connectivity index (χ0v) is 7.63. The normalized spacial score (nSPS) is 6.14. The molecule has 0 bridgehead atoms. The third kappa shape index (κ3) is 10.7. The van der Waals surface area contributed by atoms with Gasteiger partial charge in [-0.05, 0) is 0 Å². The molecule has 0 heterocycles. The van der Waals surface area contributed by atoms with E-state index < -0.39 is 0 Å². The van der Waals surface area contributed by atoms with E-state index >= 15 is 0 Å². The van der Waals surface area contributed by atoms with Crippen LogP contribution in [0.2, 0.25) is 0 Å². The van der Waals surface area contributed by atoms with E-state index in [0.29, 0.717) is 5.92 Å².